The number of benzene rings is 1. The first kappa shape index (κ1) is 12.5. The summed E-state index contributed by atoms with van der Waals surface area (Å²) >= 11 is 6.08. The minimum Gasteiger partial charge on any atom is -0.309 e. The summed E-state index contributed by atoms with van der Waals surface area (Å²) in [7, 11) is 0. The van der Waals surface area contributed by atoms with E-state index in [2.05, 4.69) is 36.2 Å². The predicted molar refractivity (Wildman–Crippen MR) is 76.1 cm³/mol. The van der Waals surface area contributed by atoms with Gasteiger partial charge in [-0.2, -0.15) is 0 Å². The summed E-state index contributed by atoms with van der Waals surface area (Å²) < 4.78 is 0. The molecule has 1 N–H and O–H groups in total. The zero-order valence-corrected chi connectivity index (χ0v) is 11.9. The van der Waals surface area contributed by atoms with E-state index in [0.717, 1.165) is 18.1 Å². The van der Waals surface area contributed by atoms with E-state index >= 15 is 0 Å². The molecule has 98 valence electrons. The fourth-order valence-corrected chi connectivity index (χ4v) is 3.76. The lowest BCUT2D eigenvalue weighted by atomic mass is 10.0. The number of nitrogens with zero attached hydrogens (tertiary/aromatic N) is 1. The third-order valence-corrected chi connectivity index (χ3v) is 4.41. The van der Waals surface area contributed by atoms with Crippen molar-refractivity contribution in [3.05, 3.63) is 34.3 Å². The molecule has 0 aromatic heterocycles. The van der Waals surface area contributed by atoms with Crippen LogP contribution in [-0.4, -0.2) is 30.1 Å². The molecule has 0 radical (unpaired) electrons. The molecule has 2 nitrogen and oxygen atoms in total. The Morgan fingerprint density at radius 3 is 2.67 bits per heavy atom. The molecule has 1 aromatic carbocycles. The number of piperazine rings is 1. The van der Waals surface area contributed by atoms with E-state index in [1.165, 1.54) is 24.0 Å². The van der Waals surface area contributed by atoms with Gasteiger partial charge in [-0.1, -0.05) is 17.7 Å². The average Bonchev–Trinajstić information content (AvgIpc) is 2.70. The average molecular weight is 265 g/mol. The third-order valence-electron chi connectivity index (χ3n) is 4.18. The number of nitrogens with one attached hydrogen (secondary N) is 1. The van der Waals surface area contributed by atoms with E-state index in [4.69, 9.17) is 11.6 Å². The van der Waals surface area contributed by atoms with Crippen LogP contribution in [0.3, 0.4) is 0 Å². The van der Waals surface area contributed by atoms with Crippen molar-refractivity contribution in [1.82, 2.24) is 10.2 Å². The normalized spacial score (nSPS) is 32.5. The quantitative estimate of drug-likeness (QED) is 0.839. The topological polar surface area (TPSA) is 15.3 Å². The molecule has 1 heterocycles. The number of hydrogen-bond acceptors (Lipinski definition) is 2. The van der Waals surface area contributed by atoms with Crippen LogP contribution in [0, 0.1) is 0 Å². The molecule has 1 fully saturated rings. The van der Waals surface area contributed by atoms with E-state index in [-0.39, 0.29) is 0 Å². The summed E-state index contributed by atoms with van der Waals surface area (Å²) in [6, 6.07) is 8.19. The van der Waals surface area contributed by atoms with Crippen LogP contribution in [-0.2, 0) is 6.42 Å². The van der Waals surface area contributed by atoms with Crippen LogP contribution in [0.5, 0.6) is 0 Å². The molecule has 1 aromatic rings. The van der Waals surface area contributed by atoms with E-state index in [9.17, 15) is 0 Å². The molecule has 3 atom stereocenters. The number of hydrogen-bond donors (Lipinski definition) is 1. The van der Waals surface area contributed by atoms with Crippen molar-refractivity contribution >= 4 is 11.6 Å². The Bertz CT molecular complexity index is 436. The molecule has 0 amide bonds. The van der Waals surface area contributed by atoms with Crippen molar-refractivity contribution in [3.63, 3.8) is 0 Å². The summed E-state index contributed by atoms with van der Waals surface area (Å²) in [6.07, 6.45) is 2.42. The molecule has 3 rings (SSSR count). The maximum absolute atomic E-state index is 6.08. The highest BCUT2D eigenvalue weighted by atomic mass is 35.5. The van der Waals surface area contributed by atoms with Crippen molar-refractivity contribution in [3.8, 4) is 0 Å². The molecule has 1 saturated heterocycles. The minimum atomic E-state index is 0.588. The zero-order valence-electron chi connectivity index (χ0n) is 11.1. The Hall–Kier alpha value is -0.570. The van der Waals surface area contributed by atoms with Crippen molar-refractivity contribution in [2.24, 2.45) is 0 Å². The van der Waals surface area contributed by atoms with Gasteiger partial charge < -0.3 is 5.32 Å². The van der Waals surface area contributed by atoms with Crippen molar-refractivity contribution in [1.29, 1.82) is 0 Å². The van der Waals surface area contributed by atoms with Crippen LogP contribution in [0.1, 0.15) is 37.4 Å². The Morgan fingerprint density at radius 1 is 1.22 bits per heavy atom. The predicted octanol–water partition coefficient (Wildman–Crippen LogP) is 3.01. The lowest BCUT2D eigenvalue weighted by Crippen LogP contribution is -2.54. The first-order valence-electron chi connectivity index (χ1n) is 6.92. The van der Waals surface area contributed by atoms with Crippen LogP contribution < -0.4 is 5.32 Å². The Morgan fingerprint density at radius 2 is 1.94 bits per heavy atom. The molecule has 0 saturated carbocycles. The fraction of sp³-hybridized carbons (Fsp3) is 0.600. The molecule has 3 unspecified atom stereocenters. The molecule has 18 heavy (non-hydrogen) atoms. The van der Waals surface area contributed by atoms with Gasteiger partial charge in [0.1, 0.15) is 0 Å². The standard InChI is InChI=1S/C15H21ClN2/c1-10-8-18(9-11(2)17-10)15-6-3-12-7-13(16)4-5-14(12)15/h4-5,7,10-11,15,17H,3,6,8-9H2,1-2H3. The highest BCUT2D eigenvalue weighted by molar-refractivity contribution is 6.30. The summed E-state index contributed by atoms with van der Waals surface area (Å²) in [6.45, 7) is 6.86. The van der Waals surface area contributed by atoms with Crippen LogP contribution in [0.4, 0.5) is 0 Å². The number of halogens is 1. The van der Waals surface area contributed by atoms with Gasteiger partial charge in [0, 0.05) is 36.2 Å². The first-order valence-corrected chi connectivity index (χ1v) is 7.29. The van der Waals surface area contributed by atoms with Crippen molar-refractivity contribution in [2.75, 3.05) is 13.1 Å². The lowest BCUT2D eigenvalue weighted by molar-refractivity contribution is 0.122. The second-order valence-electron chi connectivity index (χ2n) is 5.82. The van der Waals surface area contributed by atoms with Crippen LogP contribution >= 0.6 is 11.6 Å². The Balaban J connectivity index is 1.83. The summed E-state index contributed by atoms with van der Waals surface area (Å²) in [5, 5.41) is 4.47. The fourth-order valence-electron chi connectivity index (χ4n) is 3.57. The summed E-state index contributed by atoms with van der Waals surface area (Å²) in [4.78, 5) is 2.64. The highest BCUT2D eigenvalue weighted by Crippen LogP contribution is 2.37. The maximum Gasteiger partial charge on any atom is 0.0408 e. The molecule has 0 bridgehead atoms. The molecule has 1 aliphatic heterocycles. The van der Waals surface area contributed by atoms with Gasteiger partial charge >= 0.3 is 0 Å². The molecule has 0 spiro atoms. The largest absolute Gasteiger partial charge is 0.309 e. The maximum atomic E-state index is 6.08. The smallest absolute Gasteiger partial charge is 0.0408 e. The Labute approximate surface area is 114 Å². The summed E-state index contributed by atoms with van der Waals surface area (Å²) in [5.74, 6) is 0. The lowest BCUT2D eigenvalue weighted by Gasteiger charge is -2.40. The van der Waals surface area contributed by atoms with E-state index < -0.39 is 0 Å². The van der Waals surface area contributed by atoms with Gasteiger partial charge in [0.25, 0.3) is 0 Å². The van der Waals surface area contributed by atoms with Crippen LogP contribution in [0.25, 0.3) is 0 Å². The number of fused-ring (bicyclic) bond motifs is 1. The monoisotopic (exact) mass is 264 g/mol. The second kappa shape index (κ2) is 4.84. The van der Waals surface area contributed by atoms with E-state index in [1.54, 1.807) is 0 Å². The number of aryl methyl sites for hydroxylation is 1. The van der Waals surface area contributed by atoms with Gasteiger partial charge in [-0.3, -0.25) is 4.90 Å². The molecule has 1 aliphatic carbocycles. The van der Waals surface area contributed by atoms with Gasteiger partial charge in [-0.15, -0.1) is 0 Å². The number of rotatable bonds is 1. The molecular weight excluding hydrogens is 244 g/mol. The first-order chi connectivity index (χ1) is 8.63. The van der Waals surface area contributed by atoms with Crippen molar-refractivity contribution in [2.45, 2.75) is 44.8 Å². The van der Waals surface area contributed by atoms with Gasteiger partial charge in [-0.05, 0) is 49.9 Å². The van der Waals surface area contributed by atoms with Crippen molar-refractivity contribution < 1.29 is 0 Å². The van der Waals surface area contributed by atoms with E-state index in [1.807, 2.05) is 6.07 Å². The Kier molecular flexibility index (Phi) is 3.35. The van der Waals surface area contributed by atoms with E-state index in [0.29, 0.717) is 18.1 Å². The molecule has 3 heteroatoms. The third kappa shape index (κ3) is 2.29. The van der Waals surface area contributed by atoms with Crippen LogP contribution in [0.2, 0.25) is 5.02 Å². The van der Waals surface area contributed by atoms with Gasteiger partial charge in [0.2, 0.25) is 0 Å². The second-order valence-corrected chi connectivity index (χ2v) is 6.26. The zero-order chi connectivity index (χ0) is 12.7. The van der Waals surface area contributed by atoms with Gasteiger partial charge in [-0.25, -0.2) is 0 Å². The SMILES string of the molecule is CC1CN(C2CCc3cc(Cl)ccc32)CC(C)N1. The van der Waals surface area contributed by atoms with Gasteiger partial charge in [0.15, 0.2) is 0 Å². The molecule has 2 aliphatic rings. The molecular formula is C15H21ClN2. The van der Waals surface area contributed by atoms with Crippen LogP contribution in [0.15, 0.2) is 18.2 Å². The minimum absolute atomic E-state index is 0.588. The highest BCUT2D eigenvalue weighted by Gasteiger charge is 2.32. The summed E-state index contributed by atoms with van der Waals surface area (Å²) in [5.41, 5.74) is 2.95. The van der Waals surface area contributed by atoms with Gasteiger partial charge in [0.05, 0.1) is 0 Å².